The second-order valence-electron chi connectivity index (χ2n) is 5.29. The molecule has 2 atom stereocenters. The van der Waals surface area contributed by atoms with Crippen molar-refractivity contribution in [3.63, 3.8) is 0 Å². The van der Waals surface area contributed by atoms with Crippen LogP contribution in [0.3, 0.4) is 0 Å². The molecule has 0 amide bonds. The van der Waals surface area contributed by atoms with Crippen LogP contribution in [-0.2, 0) is 10.3 Å². The van der Waals surface area contributed by atoms with E-state index in [2.05, 4.69) is 17.1 Å². The van der Waals surface area contributed by atoms with E-state index in [1.165, 1.54) is 0 Å². The number of carboxylic acid groups (broad SMARTS) is 1. The van der Waals surface area contributed by atoms with Crippen LogP contribution in [-0.4, -0.2) is 42.2 Å². The fourth-order valence-electron chi connectivity index (χ4n) is 2.87. The number of carbonyl (C=O) groups is 1. The number of nitrogens with zero attached hydrogens (tertiary/aromatic N) is 1. The molecule has 1 aromatic carbocycles. The van der Waals surface area contributed by atoms with Gasteiger partial charge in [0.25, 0.3) is 0 Å². The Morgan fingerprint density at radius 2 is 2.16 bits per heavy atom. The molecule has 1 fully saturated rings. The van der Waals surface area contributed by atoms with Gasteiger partial charge < -0.3 is 10.4 Å². The van der Waals surface area contributed by atoms with Gasteiger partial charge in [-0.25, -0.2) is 4.79 Å². The molecule has 1 aliphatic rings. The maximum absolute atomic E-state index is 11.9. The van der Waals surface area contributed by atoms with Gasteiger partial charge in [0.1, 0.15) is 0 Å². The predicted octanol–water partition coefficient (Wildman–Crippen LogP) is 1.67. The minimum Gasteiger partial charge on any atom is -0.480 e. The first-order chi connectivity index (χ1) is 9.10. The average molecular weight is 262 g/mol. The van der Waals surface area contributed by atoms with Crippen LogP contribution in [0.4, 0.5) is 0 Å². The van der Waals surface area contributed by atoms with Crippen molar-refractivity contribution in [2.75, 3.05) is 20.1 Å². The van der Waals surface area contributed by atoms with Gasteiger partial charge in [-0.05, 0) is 38.9 Å². The lowest BCUT2D eigenvalue weighted by molar-refractivity contribution is -0.146. The van der Waals surface area contributed by atoms with E-state index in [0.717, 1.165) is 24.9 Å². The van der Waals surface area contributed by atoms with Gasteiger partial charge in [0.2, 0.25) is 0 Å². The molecule has 2 unspecified atom stereocenters. The van der Waals surface area contributed by atoms with Gasteiger partial charge in [0.05, 0.1) is 0 Å². The zero-order chi connectivity index (χ0) is 13.9. The van der Waals surface area contributed by atoms with Crippen LogP contribution < -0.4 is 5.32 Å². The minimum atomic E-state index is -1.03. The molecule has 0 saturated carbocycles. The largest absolute Gasteiger partial charge is 0.480 e. The van der Waals surface area contributed by atoms with Gasteiger partial charge in [-0.1, -0.05) is 30.3 Å². The molecule has 1 aliphatic heterocycles. The second-order valence-corrected chi connectivity index (χ2v) is 5.29. The van der Waals surface area contributed by atoms with E-state index < -0.39 is 11.5 Å². The Morgan fingerprint density at radius 3 is 2.63 bits per heavy atom. The summed E-state index contributed by atoms with van der Waals surface area (Å²) < 4.78 is 0. The van der Waals surface area contributed by atoms with E-state index in [1.54, 1.807) is 7.05 Å². The highest BCUT2D eigenvalue weighted by Crippen LogP contribution is 2.27. The number of carboxylic acids is 1. The molecule has 4 heteroatoms. The topological polar surface area (TPSA) is 52.6 Å². The quantitative estimate of drug-likeness (QED) is 0.847. The second kappa shape index (κ2) is 5.72. The van der Waals surface area contributed by atoms with Crippen LogP contribution in [0.1, 0.15) is 25.3 Å². The van der Waals surface area contributed by atoms with Crippen molar-refractivity contribution in [2.24, 2.45) is 0 Å². The average Bonchev–Trinajstić information content (AvgIpc) is 2.82. The normalized spacial score (nSPS) is 23.2. The summed E-state index contributed by atoms with van der Waals surface area (Å²) >= 11 is 0. The summed E-state index contributed by atoms with van der Waals surface area (Å²) in [7, 11) is 1.72. The number of aliphatic carboxylic acids is 1. The van der Waals surface area contributed by atoms with Crippen molar-refractivity contribution in [3.8, 4) is 0 Å². The molecule has 0 spiro atoms. The first-order valence-electron chi connectivity index (χ1n) is 6.82. The SMILES string of the molecule is CNC(CN1CCCC1C)(C(=O)O)c1ccccc1. The molecule has 0 radical (unpaired) electrons. The fourth-order valence-corrected chi connectivity index (χ4v) is 2.87. The first kappa shape index (κ1) is 14.0. The Morgan fingerprint density at radius 1 is 1.47 bits per heavy atom. The van der Waals surface area contributed by atoms with Crippen LogP contribution in [0.5, 0.6) is 0 Å². The van der Waals surface area contributed by atoms with Gasteiger partial charge in [-0.3, -0.25) is 4.90 Å². The van der Waals surface area contributed by atoms with Gasteiger partial charge >= 0.3 is 5.97 Å². The monoisotopic (exact) mass is 262 g/mol. The highest BCUT2D eigenvalue weighted by Gasteiger charge is 2.42. The Kier molecular flexibility index (Phi) is 4.22. The maximum Gasteiger partial charge on any atom is 0.329 e. The van der Waals surface area contributed by atoms with Crippen LogP contribution >= 0.6 is 0 Å². The Hall–Kier alpha value is -1.39. The third-order valence-corrected chi connectivity index (χ3v) is 4.19. The van der Waals surface area contributed by atoms with Crippen molar-refractivity contribution in [3.05, 3.63) is 35.9 Å². The summed E-state index contributed by atoms with van der Waals surface area (Å²) in [6.45, 7) is 3.65. The summed E-state index contributed by atoms with van der Waals surface area (Å²) in [6.07, 6.45) is 2.30. The molecular weight excluding hydrogens is 240 g/mol. The maximum atomic E-state index is 11.9. The molecule has 2 rings (SSSR count). The molecule has 104 valence electrons. The fraction of sp³-hybridized carbons (Fsp3) is 0.533. The summed E-state index contributed by atoms with van der Waals surface area (Å²) in [4.78, 5) is 14.1. The molecule has 1 heterocycles. The first-order valence-corrected chi connectivity index (χ1v) is 6.82. The lowest BCUT2D eigenvalue weighted by Crippen LogP contribution is -2.55. The molecule has 0 aromatic heterocycles. The van der Waals surface area contributed by atoms with Gasteiger partial charge in [-0.15, -0.1) is 0 Å². The van der Waals surface area contributed by atoms with Gasteiger partial charge in [0.15, 0.2) is 5.54 Å². The Labute approximate surface area is 114 Å². The highest BCUT2D eigenvalue weighted by atomic mass is 16.4. The van der Waals surface area contributed by atoms with Crippen molar-refractivity contribution in [2.45, 2.75) is 31.3 Å². The van der Waals surface area contributed by atoms with Gasteiger partial charge in [-0.2, -0.15) is 0 Å². The zero-order valence-corrected chi connectivity index (χ0v) is 11.6. The van der Waals surface area contributed by atoms with Crippen LogP contribution in [0.2, 0.25) is 0 Å². The van der Waals surface area contributed by atoms with Crippen LogP contribution in [0.15, 0.2) is 30.3 Å². The van der Waals surface area contributed by atoms with E-state index in [1.807, 2.05) is 30.3 Å². The number of nitrogens with one attached hydrogen (secondary N) is 1. The molecule has 1 saturated heterocycles. The van der Waals surface area contributed by atoms with Crippen LogP contribution in [0.25, 0.3) is 0 Å². The lowest BCUT2D eigenvalue weighted by atomic mass is 9.89. The van der Waals surface area contributed by atoms with Crippen molar-refractivity contribution < 1.29 is 9.90 Å². The minimum absolute atomic E-state index is 0.454. The molecular formula is C15H22N2O2. The van der Waals surface area contributed by atoms with Crippen molar-refractivity contribution in [1.29, 1.82) is 0 Å². The van der Waals surface area contributed by atoms with E-state index in [9.17, 15) is 9.90 Å². The smallest absolute Gasteiger partial charge is 0.329 e. The van der Waals surface area contributed by atoms with E-state index in [-0.39, 0.29) is 0 Å². The molecule has 1 aromatic rings. The van der Waals surface area contributed by atoms with E-state index >= 15 is 0 Å². The summed E-state index contributed by atoms with van der Waals surface area (Å²) in [5, 5.41) is 12.8. The molecule has 0 aliphatic carbocycles. The Bertz CT molecular complexity index is 435. The van der Waals surface area contributed by atoms with Gasteiger partial charge in [0, 0.05) is 12.6 Å². The number of likely N-dealkylation sites (N-methyl/N-ethyl adjacent to an activating group) is 1. The van der Waals surface area contributed by atoms with Crippen LogP contribution in [0, 0.1) is 0 Å². The van der Waals surface area contributed by atoms with Crippen molar-refractivity contribution >= 4 is 5.97 Å². The lowest BCUT2D eigenvalue weighted by Gasteiger charge is -2.35. The number of benzene rings is 1. The number of hydrogen-bond donors (Lipinski definition) is 2. The highest BCUT2D eigenvalue weighted by molar-refractivity contribution is 5.81. The van der Waals surface area contributed by atoms with E-state index in [0.29, 0.717) is 12.6 Å². The molecule has 4 nitrogen and oxygen atoms in total. The number of rotatable bonds is 5. The number of hydrogen-bond acceptors (Lipinski definition) is 3. The van der Waals surface area contributed by atoms with Crippen molar-refractivity contribution in [1.82, 2.24) is 10.2 Å². The standard InChI is InChI=1S/C15H22N2O2/c1-12-7-6-10-17(12)11-15(16-2,14(18)19)13-8-4-3-5-9-13/h3-5,8-9,12,16H,6-7,10-11H2,1-2H3,(H,18,19). The molecule has 2 N–H and O–H groups in total. The molecule has 0 bridgehead atoms. The van der Waals surface area contributed by atoms with E-state index in [4.69, 9.17) is 0 Å². The third-order valence-electron chi connectivity index (χ3n) is 4.19. The Balaban J connectivity index is 2.32. The zero-order valence-electron chi connectivity index (χ0n) is 11.6. The summed E-state index contributed by atoms with van der Waals surface area (Å²) in [5.41, 5.74) is -0.219. The third kappa shape index (κ3) is 2.65. The molecule has 19 heavy (non-hydrogen) atoms. The predicted molar refractivity (Wildman–Crippen MR) is 75.1 cm³/mol. The summed E-state index contributed by atoms with van der Waals surface area (Å²) in [6, 6.07) is 9.90. The summed E-state index contributed by atoms with van der Waals surface area (Å²) in [5.74, 6) is -0.819. The number of likely N-dealkylation sites (tertiary alicyclic amines) is 1.